The lowest BCUT2D eigenvalue weighted by Crippen LogP contribution is -2.36. The van der Waals surface area contributed by atoms with Gasteiger partial charge in [0.15, 0.2) is 0 Å². The van der Waals surface area contributed by atoms with Gasteiger partial charge in [-0.25, -0.2) is 0 Å². The van der Waals surface area contributed by atoms with Gasteiger partial charge in [-0.2, -0.15) is 0 Å². The van der Waals surface area contributed by atoms with Crippen molar-refractivity contribution in [2.75, 3.05) is 20.1 Å². The molecule has 1 heterocycles. The third kappa shape index (κ3) is 2.83. The van der Waals surface area contributed by atoms with Crippen LogP contribution in [0.1, 0.15) is 18.9 Å². The van der Waals surface area contributed by atoms with Crippen LogP contribution in [0.25, 0.3) is 0 Å². The molecule has 1 aromatic carbocycles. The minimum Gasteiger partial charge on any atom is -0.316 e. The van der Waals surface area contributed by atoms with E-state index in [1.165, 1.54) is 25.1 Å². The molecule has 1 aromatic rings. The summed E-state index contributed by atoms with van der Waals surface area (Å²) in [6.07, 6.45) is 1.32. The Kier molecular flexibility index (Phi) is 3.97. The minimum absolute atomic E-state index is 0.662. The molecule has 0 saturated carbocycles. The van der Waals surface area contributed by atoms with Gasteiger partial charge in [0.1, 0.15) is 0 Å². The van der Waals surface area contributed by atoms with E-state index in [0.717, 1.165) is 12.5 Å². The molecule has 0 spiro atoms. The molecule has 2 unspecified atom stereocenters. The van der Waals surface area contributed by atoms with E-state index in [-0.39, 0.29) is 0 Å². The molecule has 16 heavy (non-hydrogen) atoms. The van der Waals surface area contributed by atoms with Gasteiger partial charge in [0.05, 0.1) is 0 Å². The second kappa shape index (κ2) is 5.46. The molecule has 2 heteroatoms. The van der Waals surface area contributed by atoms with E-state index in [2.05, 4.69) is 54.5 Å². The van der Waals surface area contributed by atoms with E-state index in [1.807, 2.05) is 0 Å². The molecule has 0 aliphatic carbocycles. The predicted octanol–water partition coefficient (Wildman–Crippen LogP) is 2.12. The quantitative estimate of drug-likeness (QED) is 0.832. The number of nitrogens with one attached hydrogen (secondary N) is 1. The molecule has 2 rings (SSSR count). The summed E-state index contributed by atoms with van der Waals surface area (Å²) in [7, 11) is 2.23. The zero-order valence-corrected chi connectivity index (χ0v) is 10.3. The molecular formula is C14H22N2. The summed E-state index contributed by atoms with van der Waals surface area (Å²) in [5.74, 6) is 0.814. The number of hydrogen-bond donors (Lipinski definition) is 1. The molecular weight excluding hydrogens is 196 g/mol. The average Bonchev–Trinajstić information content (AvgIpc) is 2.83. The Morgan fingerprint density at radius 1 is 1.38 bits per heavy atom. The lowest BCUT2D eigenvalue weighted by atomic mass is 9.99. The van der Waals surface area contributed by atoms with Crippen molar-refractivity contribution in [2.24, 2.45) is 5.92 Å². The fourth-order valence-electron chi connectivity index (χ4n) is 2.46. The number of hydrogen-bond acceptors (Lipinski definition) is 2. The van der Waals surface area contributed by atoms with Crippen LogP contribution < -0.4 is 5.32 Å². The van der Waals surface area contributed by atoms with Crippen LogP contribution in [-0.4, -0.2) is 31.1 Å². The van der Waals surface area contributed by atoms with E-state index in [4.69, 9.17) is 0 Å². The molecule has 0 bridgehead atoms. The van der Waals surface area contributed by atoms with Gasteiger partial charge < -0.3 is 5.32 Å². The zero-order chi connectivity index (χ0) is 11.4. The van der Waals surface area contributed by atoms with Gasteiger partial charge >= 0.3 is 0 Å². The predicted molar refractivity (Wildman–Crippen MR) is 68.3 cm³/mol. The molecule has 2 atom stereocenters. The first-order valence-electron chi connectivity index (χ1n) is 6.22. The lowest BCUT2D eigenvalue weighted by Gasteiger charge is -2.29. The third-order valence-corrected chi connectivity index (χ3v) is 3.75. The van der Waals surface area contributed by atoms with Crippen LogP contribution in [0, 0.1) is 5.92 Å². The highest BCUT2D eigenvalue weighted by Gasteiger charge is 2.23. The monoisotopic (exact) mass is 218 g/mol. The topological polar surface area (TPSA) is 15.3 Å². The number of nitrogens with zero attached hydrogens (tertiary/aromatic N) is 1. The first-order chi connectivity index (χ1) is 7.77. The first kappa shape index (κ1) is 11.6. The Morgan fingerprint density at radius 3 is 2.75 bits per heavy atom. The Bertz CT molecular complexity index is 304. The number of benzene rings is 1. The van der Waals surface area contributed by atoms with E-state index in [0.29, 0.717) is 6.04 Å². The van der Waals surface area contributed by atoms with Gasteiger partial charge in [-0.15, -0.1) is 0 Å². The van der Waals surface area contributed by atoms with Crippen molar-refractivity contribution < 1.29 is 0 Å². The molecule has 1 aliphatic heterocycles. The molecule has 0 aromatic heterocycles. The van der Waals surface area contributed by atoms with Crippen molar-refractivity contribution in [1.82, 2.24) is 10.2 Å². The summed E-state index contributed by atoms with van der Waals surface area (Å²) < 4.78 is 0. The maximum absolute atomic E-state index is 3.45. The molecule has 2 nitrogen and oxygen atoms in total. The van der Waals surface area contributed by atoms with Crippen LogP contribution in [0.4, 0.5) is 0 Å². The second-order valence-corrected chi connectivity index (χ2v) is 4.89. The van der Waals surface area contributed by atoms with Gasteiger partial charge in [-0.3, -0.25) is 4.90 Å². The van der Waals surface area contributed by atoms with Crippen molar-refractivity contribution >= 4 is 0 Å². The highest BCUT2D eigenvalue weighted by Crippen LogP contribution is 2.18. The largest absolute Gasteiger partial charge is 0.316 e. The maximum atomic E-state index is 3.45. The van der Waals surface area contributed by atoms with Crippen molar-refractivity contribution in [3.05, 3.63) is 35.9 Å². The standard InChI is InChI=1S/C14H22N2/c1-12(14-8-9-15-10-14)16(2)11-13-6-4-3-5-7-13/h3-7,12,14-15H,8-11H2,1-2H3. The van der Waals surface area contributed by atoms with Crippen LogP contribution in [0.15, 0.2) is 30.3 Å². The Labute approximate surface area is 98.7 Å². The van der Waals surface area contributed by atoms with E-state index in [1.54, 1.807) is 0 Å². The summed E-state index contributed by atoms with van der Waals surface area (Å²) >= 11 is 0. The van der Waals surface area contributed by atoms with Crippen molar-refractivity contribution in [2.45, 2.75) is 25.9 Å². The van der Waals surface area contributed by atoms with Crippen LogP contribution >= 0.6 is 0 Å². The molecule has 1 fully saturated rings. The summed E-state index contributed by atoms with van der Waals surface area (Å²) in [6.45, 7) is 5.77. The summed E-state index contributed by atoms with van der Waals surface area (Å²) in [5.41, 5.74) is 1.41. The molecule has 1 N–H and O–H groups in total. The fourth-order valence-corrected chi connectivity index (χ4v) is 2.46. The first-order valence-corrected chi connectivity index (χ1v) is 6.22. The minimum atomic E-state index is 0.662. The van der Waals surface area contributed by atoms with Crippen molar-refractivity contribution in [3.8, 4) is 0 Å². The highest BCUT2D eigenvalue weighted by molar-refractivity contribution is 5.14. The van der Waals surface area contributed by atoms with Gasteiger partial charge in [0.25, 0.3) is 0 Å². The van der Waals surface area contributed by atoms with E-state index < -0.39 is 0 Å². The molecule has 1 aliphatic rings. The van der Waals surface area contributed by atoms with Gasteiger partial charge in [-0.05, 0) is 45.0 Å². The second-order valence-electron chi connectivity index (χ2n) is 4.89. The van der Waals surface area contributed by atoms with Crippen LogP contribution in [0.3, 0.4) is 0 Å². The van der Waals surface area contributed by atoms with Gasteiger partial charge in [0, 0.05) is 12.6 Å². The van der Waals surface area contributed by atoms with Gasteiger partial charge in [0.2, 0.25) is 0 Å². The number of rotatable bonds is 4. The summed E-state index contributed by atoms with van der Waals surface area (Å²) in [4.78, 5) is 2.47. The highest BCUT2D eigenvalue weighted by atomic mass is 15.1. The molecule has 1 saturated heterocycles. The third-order valence-electron chi connectivity index (χ3n) is 3.75. The molecule has 0 amide bonds. The molecule has 88 valence electrons. The maximum Gasteiger partial charge on any atom is 0.0233 e. The van der Waals surface area contributed by atoms with Crippen LogP contribution in [0.2, 0.25) is 0 Å². The van der Waals surface area contributed by atoms with Gasteiger partial charge in [-0.1, -0.05) is 30.3 Å². The average molecular weight is 218 g/mol. The Hall–Kier alpha value is -0.860. The molecule has 0 radical (unpaired) electrons. The smallest absolute Gasteiger partial charge is 0.0233 e. The van der Waals surface area contributed by atoms with Crippen molar-refractivity contribution in [3.63, 3.8) is 0 Å². The SMILES string of the molecule is CC(C1CCNC1)N(C)Cc1ccccc1. The Morgan fingerprint density at radius 2 is 2.12 bits per heavy atom. The van der Waals surface area contributed by atoms with Crippen LogP contribution in [0.5, 0.6) is 0 Å². The lowest BCUT2D eigenvalue weighted by molar-refractivity contribution is 0.191. The van der Waals surface area contributed by atoms with E-state index >= 15 is 0 Å². The summed E-state index contributed by atoms with van der Waals surface area (Å²) in [5, 5.41) is 3.45. The van der Waals surface area contributed by atoms with E-state index in [9.17, 15) is 0 Å². The van der Waals surface area contributed by atoms with Crippen LogP contribution in [-0.2, 0) is 6.54 Å². The van der Waals surface area contributed by atoms with Crippen molar-refractivity contribution in [1.29, 1.82) is 0 Å². The fraction of sp³-hybridized carbons (Fsp3) is 0.571. The normalized spacial score (nSPS) is 22.6. The summed E-state index contributed by atoms with van der Waals surface area (Å²) in [6, 6.07) is 11.4. The zero-order valence-electron chi connectivity index (χ0n) is 10.3. The Balaban J connectivity index is 1.89.